The van der Waals surface area contributed by atoms with Gasteiger partial charge in [-0.15, -0.1) is 0 Å². The number of nitrogens with zero attached hydrogens (tertiary/aromatic N) is 1. The minimum atomic E-state index is -0.0687. The third-order valence-corrected chi connectivity index (χ3v) is 2.91. The number of carbonyl (C=O) groups excluding carboxylic acids is 1. The SMILES string of the molecule is CCc1cc(N)c(C(=O)c2ccccc2)c(C)n1. The molecule has 0 saturated heterocycles. The van der Waals surface area contributed by atoms with Crippen LogP contribution < -0.4 is 5.73 Å². The molecule has 0 unspecified atom stereocenters. The van der Waals surface area contributed by atoms with Crippen molar-refractivity contribution in [2.24, 2.45) is 0 Å². The number of carbonyl (C=O) groups is 1. The highest BCUT2D eigenvalue weighted by Crippen LogP contribution is 2.20. The van der Waals surface area contributed by atoms with E-state index < -0.39 is 0 Å². The van der Waals surface area contributed by atoms with Crippen molar-refractivity contribution in [2.45, 2.75) is 20.3 Å². The summed E-state index contributed by atoms with van der Waals surface area (Å²) < 4.78 is 0. The minimum Gasteiger partial charge on any atom is -0.398 e. The molecule has 1 aromatic heterocycles. The fourth-order valence-electron chi connectivity index (χ4n) is 1.97. The van der Waals surface area contributed by atoms with Crippen LogP contribution in [0.1, 0.15) is 34.2 Å². The molecule has 3 heteroatoms. The van der Waals surface area contributed by atoms with E-state index in [9.17, 15) is 4.79 Å². The first kappa shape index (κ1) is 12.3. The normalized spacial score (nSPS) is 10.3. The lowest BCUT2D eigenvalue weighted by molar-refractivity contribution is 0.103. The molecule has 0 aliphatic heterocycles. The molecule has 0 amide bonds. The zero-order chi connectivity index (χ0) is 13.1. The Morgan fingerprint density at radius 1 is 1.28 bits per heavy atom. The van der Waals surface area contributed by atoms with Crippen LogP contribution in [0.25, 0.3) is 0 Å². The third-order valence-electron chi connectivity index (χ3n) is 2.91. The number of pyridine rings is 1. The number of nitrogen functional groups attached to an aromatic ring is 1. The van der Waals surface area contributed by atoms with Gasteiger partial charge in [0, 0.05) is 16.9 Å². The van der Waals surface area contributed by atoms with Gasteiger partial charge in [-0.05, 0) is 19.4 Å². The molecule has 92 valence electrons. The Morgan fingerprint density at radius 3 is 2.50 bits per heavy atom. The predicted molar refractivity (Wildman–Crippen MR) is 72.6 cm³/mol. The van der Waals surface area contributed by atoms with Crippen LogP contribution in [-0.2, 0) is 6.42 Å². The summed E-state index contributed by atoms with van der Waals surface area (Å²) in [7, 11) is 0. The van der Waals surface area contributed by atoms with Crippen LogP contribution in [0.3, 0.4) is 0 Å². The van der Waals surface area contributed by atoms with Crippen molar-refractivity contribution in [3.05, 3.63) is 58.9 Å². The molecule has 0 aliphatic carbocycles. The van der Waals surface area contributed by atoms with Gasteiger partial charge < -0.3 is 5.73 Å². The maximum absolute atomic E-state index is 12.4. The van der Waals surface area contributed by atoms with Gasteiger partial charge in [0.1, 0.15) is 0 Å². The van der Waals surface area contributed by atoms with Gasteiger partial charge in [-0.25, -0.2) is 0 Å². The van der Waals surface area contributed by atoms with E-state index in [-0.39, 0.29) is 5.78 Å². The molecule has 18 heavy (non-hydrogen) atoms. The molecule has 3 nitrogen and oxygen atoms in total. The fourth-order valence-corrected chi connectivity index (χ4v) is 1.97. The highest BCUT2D eigenvalue weighted by molar-refractivity contribution is 6.12. The van der Waals surface area contributed by atoms with Crippen molar-refractivity contribution in [3.8, 4) is 0 Å². The number of benzene rings is 1. The molecule has 0 fully saturated rings. The van der Waals surface area contributed by atoms with Crippen LogP contribution in [0.2, 0.25) is 0 Å². The summed E-state index contributed by atoms with van der Waals surface area (Å²) in [4.78, 5) is 16.8. The van der Waals surface area contributed by atoms with Gasteiger partial charge in [0.15, 0.2) is 5.78 Å². The number of anilines is 1. The van der Waals surface area contributed by atoms with Gasteiger partial charge >= 0.3 is 0 Å². The van der Waals surface area contributed by atoms with E-state index in [1.54, 1.807) is 18.2 Å². The number of hydrogen-bond acceptors (Lipinski definition) is 3. The van der Waals surface area contributed by atoms with Gasteiger partial charge in [0.25, 0.3) is 0 Å². The summed E-state index contributed by atoms with van der Waals surface area (Å²) in [6, 6.07) is 10.9. The van der Waals surface area contributed by atoms with Crippen molar-refractivity contribution in [3.63, 3.8) is 0 Å². The molecule has 0 bridgehead atoms. The van der Waals surface area contributed by atoms with E-state index in [1.165, 1.54) is 0 Å². The van der Waals surface area contributed by atoms with Crippen LogP contribution in [0.5, 0.6) is 0 Å². The van der Waals surface area contributed by atoms with Crippen LogP contribution >= 0.6 is 0 Å². The van der Waals surface area contributed by atoms with E-state index in [1.807, 2.05) is 32.0 Å². The molecule has 0 spiro atoms. The third kappa shape index (κ3) is 2.25. The molecule has 0 aliphatic rings. The largest absolute Gasteiger partial charge is 0.398 e. The Hall–Kier alpha value is -2.16. The number of rotatable bonds is 3. The van der Waals surface area contributed by atoms with Gasteiger partial charge in [0.05, 0.1) is 11.3 Å². The Morgan fingerprint density at radius 2 is 1.94 bits per heavy atom. The van der Waals surface area contributed by atoms with Gasteiger partial charge in [-0.3, -0.25) is 9.78 Å². The summed E-state index contributed by atoms with van der Waals surface area (Å²) >= 11 is 0. The molecule has 0 saturated carbocycles. The molecule has 1 aromatic carbocycles. The molecule has 2 rings (SSSR count). The highest BCUT2D eigenvalue weighted by Gasteiger charge is 2.16. The average Bonchev–Trinajstić information content (AvgIpc) is 2.38. The Labute approximate surface area is 107 Å². The number of ketones is 1. The van der Waals surface area contributed by atoms with Crippen molar-refractivity contribution in [1.82, 2.24) is 4.98 Å². The van der Waals surface area contributed by atoms with E-state index in [0.717, 1.165) is 12.1 Å². The van der Waals surface area contributed by atoms with Crippen LogP contribution in [0.4, 0.5) is 5.69 Å². The molecule has 2 aromatic rings. The van der Waals surface area contributed by atoms with Crippen LogP contribution in [0, 0.1) is 6.92 Å². The van der Waals surface area contributed by atoms with Crippen molar-refractivity contribution >= 4 is 11.5 Å². The van der Waals surface area contributed by atoms with Gasteiger partial charge in [-0.2, -0.15) is 0 Å². The van der Waals surface area contributed by atoms with Crippen LogP contribution in [-0.4, -0.2) is 10.8 Å². The molecular formula is C15H16N2O. The predicted octanol–water partition coefficient (Wildman–Crippen LogP) is 2.77. The summed E-state index contributed by atoms with van der Waals surface area (Å²) in [5.41, 5.74) is 9.24. The molecule has 1 heterocycles. The Balaban J connectivity index is 2.49. The second-order valence-corrected chi connectivity index (χ2v) is 4.21. The molecule has 2 N–H and O–H groups in total. The highest BCUT2D eigenvalue weighted by atomic mass is 16.1. The second kappa shape index (κ2) is 5.00. The van der Waals surface area contributed by atoms with Crippen molar-refractivity contribution in [1.29, 1.82) is 0 Å². The summed E-state index contributed by atoms with van der Waals surface area (Å²) in [5.74, 6) is -0.0687. The second-order valence-electron chi connectivity index (χ2n) is 4.21. The number of nitrogens with two attached hydrogens (primary N) is 1. The molecular weight excluding hydrogens is 224 g/mol. The van der Waals surface area contributed by atoms with Crippen molar-refractivity contribution < 1.29 is 4.79 Å². The van der Waals surface area contributed by atoms with E-state index in [2.05, 4.69) is 4.98 Å². The zero-order valence-electron chi connectivity index (χ0n) is 10.6. The topological polar surface area (TPSA) is 56.0 Å². The average molecular weight is 240 g/mol. The Bertz CT molecular complexity index is 553. The summed E-state index contributed by atoms with van der Waals surface area (Å²) in [6.07, 6.45) is 0.810. The van der Waals surface area contributed by atoms with Crippen LogP contribution in [0.15, 0.2) is 36.4 Å². The van der Waals surface area contributed by atoms with Gasteiger partial charge in [0.2, 0.25) is 0 Å². The van der Waals surface area contributed by atoms with E-state index in [0.29, 0.717) is 22.5 Å². The lowest BCUT2D eigenvalue weighted by Gasteiger charge is -2.10. The molecule has 0 atom stereocenters. The monoisotopic (exact) mass is 240 g/mol. The van der Waals surface area contributed by atoms with Crippen molar-refractivity contribution in [2.75, 3.05) is 5.73 Å². The first-order chi connectivity index (χ1) is 8.63. The fraction of sp³-hybridized carbons (Fsp3) is 0.200. The van der Waals surface area contributed by atoms with E-state index >= 15 is 0 Å². The summed E-state index contributed by atoms with van der Waals surface area (Å²) in [6.45, 7) is 3.84. The maximum Gasteiger partial charge on any atom is 0.196 e. The standard InChI is InChI=1S/C15H16N2O/c1-3-12-9-13(16)14(10(2)17-12)15(18)11-7-5-4-6-8-11/h4-9H,3H2,1-2H3,(H2,16,17). The number of aromatic nitrogens is 1. The quantitative estimate of drug-likeness (QED) is 0.839. The lowest BCUT2D eigenvalue weighted by Crippen LogP contribution is -2.10. The first-order valence-electron chi connectivity index (χ1n) is 5.99. The summed E-state index contributed by atoms with van der Waals surface area (Å²) in [5, 5.41) is 0. The number of hydrogen-bond donors (Lipinski definition) is 1. The Kier molecular flexibility index (Phi) is 3.42. The first-order valence-corrected chi connectivity index (χ1v) is 5.99. The lowest BCUT2D eigenvalue weighted by atomic mass is 10.00. The van der Waals surface area contributed by atoms with Gasteiger partial charge in [-0.1, -0.05) is 37.3 Å². The molecule has 0 radical (unpaired) electrons. The number of aryl methyl sites for hydroxylation is 2. The van der Waals surface area contributed by atoms with E-state index in [4.69, 9.17) is 5.73 Å². The minimum absolute atomic E-state index is 0.0687. The zero-order valence-corrected chi connectivity index (χ0v) is 10.6. The smallest absolute Gasteiger partial charge is 0.196 e. The maximum atomic E-state index is 12.4.